The highest BCUT2D eigenvalue weighted by Gasteiger charge is 2.27. The van der Waals surface area contributed by atoms with Crippen LogP contribution in [0.3, 0.4) is 0 Å². The molecule has 0 bridgehead atoms. The van der Waals surface area contributed by atoms with Crippen molar-refractivity contribution in [1.82, 2.24) is 5.32 Å². The molecule has 0 spiro atoms. The molecule has 1 amide bonds. The molecule has 9 nitrogen and oxygen atoms in total. The number of unbranched alkanes of at least 4 members (excludes halogenated alkanes) is 37. The van der Waals surface area contributed by atoms with Crippen molar-refractivity contribution in [3.05, 3.63) is 48.6 Å². The van der Waals surface area contributed by atoms with Crippen LogP contribution in [-0.4, -0.2) is 69.4 Å². The minimum atomic E-state index is -4.70. The van der Waals surface area contributed by atoms with E-state index >= 15 is 0 Å². The number of likely N-dealkylation sites (N-methyl/N-ethyl adjacent to an activating group) is 1. The van der Waals surface area contributed by atoms with Crippen molar-refractivity contribution in [2.24, 2.45) is 0 Å². The molecule has 3 unspecified atom stereocenters. The molecule has 0 heterocycles. The molecule has 0 saturated heterocycles. The first-order chi connectivity index (χ1) is 36.9. The Balaban J connectivity index is 5.07. The minimum absolute atomic E-state index is 0.0239. The van der Waals surface area contributed by atoms with E-state index in [1.54, 1.807) is 0 Å². The van der Waals surface area contributed by atoms with Crippen LogP contribution in [0.2, 0.25) is 0 Å². The van der Waals surface area contributed by atoms with E-state index in [4.69, 9.17) is 13.8 Å². The standard InChI is InChI=1S/C66H125N2O7P/c1-7-10-13-16-19-22-25-28-29-30-31-32-33-34-35-36-37-38-39-41-44-47-50-53-56-59-66(70)75-64(57-54-51-48-45-42-27-24-21-18-15-12-9-3)63(62-74-76(71,72)73-61-60-68(4,5)6)67-65(69)58-55-52-49-46-43-40-26-23-20-17-14-11-8-2/h19,22,28-29,40,43,54,57,63-64H,7-18,20-21,23-27,30-39,41-42,44-53,55-56,58-62H2,1-6H3,(H-,67,69,71,72)/b22-19-,29-28-,43-40-,57-54-. The van der Waals surface area contributed by atoms with Crippen LogP contribution in [0.25, 0.3) is 0 Å². The van der Waals surface area contributed by atoms with Gasteiger partial charge in [-0.2, -0.15) is 0 Å². The molecule has 0 aliphatic carbocycles. The van der Waals surface area contributed by atoms with Gasteiger partial charge in [0.05, 0.1) is 33.8 Å². The van der Waals surface area contributed by atoms with Crippen molar-refractivity contribution in [2.75, 3.05) is 40.9 Å². The molecule has 0 aromatic heterocycles. The molecule has 0 saturated carbocycles. The molecule has 446 valence electrons. The van der Waals surface area contributed by atoms with E-state index in [1.807, 2.05) is 33.3 Å². The molecule has 0 aliphatic heterocycles. The lowest BCUT2D eigenvalue weighted by molar-refractivity contribution is -0.870. The summed E-state index contributed by atoms with van der Waals surface area (Å²) in [6.45, 7) is 6.82. The predicted octanol–water partition coefficient (Wildman–Crippen LogP) is 19.4. The molecular formula is C66H125N2O7P. The van der Waals surface area contributed by atoms with Crippen molar-refractivity contribution in [3.8, 4) is 0 Å². The highest BCUT2D eigenvalue weighted by molar-refractivity contribution is 7.45. The van der Waals surface area contributed by atoms with Gasteiger partial charge in [0.25, 0.3) is 7.82 Å². The molecule has 0 fully saturated rings. The van der Waals surface area contributed by atoms with Gasteiger partial charge in [-0.25, -0.2) is 0 Å². The first-order valence-corrected chi connectivity index (χ1v) is 33.9. The number of ether oxygens (including phenoxy) is 1. The Morgan fingerprint density at radius 1 is 0.461 bits per heavy atom. The van der Waals surface area contributed by atoms with Gasteiger partial charge in [0.1, 0.15) is 19.3 Å². The monoisotopic (exact) mass is 1090 g/mol. The summed E-state index contributed by atoms with van der Waals surface area (Å²) < 4.78 is 30.3. The van der Waals surface area contributed by atoms with E-state index in [2.05, 4.69) is 62.5 Å². The fourth-order valence-corrected chi connectivity index (χ4v) is 10.2. The lowest BCUT2D eigenvalue weighted by atomic mass is 10.0. The number of nitrogens with zero attached hydrogens (tertiary/aromatic N) is 1. The molecule has 0 radical (unpaired) electrons. The highest BCUT2D eigenvalue weighted by Crippen LogP contribution is 2.38. The number of hydrogen-bond acceptors (Lipinski definition) is 7. The molecule has 0 aliphatic rings. The first-order valence-electron chi connectivity index (χ1n) is 32.4. The Bertz CT molecular complexity index is 1440. The zero-order valence-corrected chi connectivity index (χ0v) is 51.9. The lowest BCUT2D eigenvalue weighted by Crippen LogP contribution is -2.47. The van der Waals surface area contributed by atoms with Crippen LogP contribution in [0, 0.1) is 0 Å². The van der Waals surface area contributed by atoms with Crippen molar-refractivity contribution < 1.29 is 37.3 Å². The average Bonchev–Trinajstić information content (AvgIpc) is 3.38. The zero-order valence-electron chi connectivity index (χ0n) is 51.0. The quantitative estimate of drug-likeness (QED) is 0.0212. The zero-order chi connectivity index (χ0) is 55.7. The van der Waals surface area contributed by atoms with Crippen LogP contribution in [0.5, 0.6) is 0 Å². The largest absolute Gasteiger partial charge is 0.756 e. The van der Waals surface area contributed by atoms with Crippen LogP contribution in [0.4, 0.5) is 0 Å². The maximum absolute atomic E-state index is 13.5. The van der Waals surface area contributed by atoms with Gasteiger partial charge in [-0.3, -0.25) is 14.2 Å². The number of quaternary nitrogens is 1. The summed E-state index contributed by atoms with van der Waals surface area (Å²) in [6.07, 6.45) is 69.5. The molecule has 1 N–H and O–H groups in total. The summed E-state index contributed by atoms with van der Waals surface area (Å²) in [6, 6.07) is -0.894. The van der Waals surface area contributed by atoms with Gasteiger partial charge in [0.2, 0.25) is 5.91 Å². The Hall–Kier alpha value is -2.03. The smallest absolute Gasteiger partial charge is 0.306 e. The Kier molecular flexibility index (Phi) is 54.7. The number of allylic oxidation sites excluding steroid dienone is 7. The van der Waals surface area contributed by atoms with E-state index in [0.717, 1.165) is 77.0 Å². The molecule has 3 atom stereocenters. The number of carbonyl (C=O) groups excluding carboxylic acids is 2. The first kappa shape index (κ1) is 74.0. The number of phosphoric ester groups is 1. The van der Waals surface area contributed by atoms with Gasteiger partial charge in [0, 0.05) is 12.8 Å². The second kappa shape index (κ2) is 56.3. The summed E-state index contributed by atoms with van der Waals surface area (Å²) in [7, 11) is 1.18. The third kappa shape index (κ3) is 56.7. The minimum Gasteiger partial charge on any atom is -0.756 e. The third-order valence-corrected chi connectivity index (χ3v) is 15.4. The van der Waals surface area contributed by atoms with Crippen LogP contribution < -0.4 is 10.2 Å². The number of phosphoric acid groups is 1. The fraction of sp³-hybridized carbons (Fsp3) is 0.848. The SMILES string of the molecule is CCCCC/C=C\C/C=C\CCCCCCCCCCCCCCCCCC(=O)OC(/C=C\CCCCCCCCCCCC)C(COP(=O)([O-])OCC[N+](C)(C)C)NC(=O)CCCCC/C=C\CCCCCCCC. The molecule has 0 aromatic carbocycles. The summed E-state index contributed by atoms with van der Waals surface area (Å²) in [5, 5.41) is 3.02. The fourth-order valence-electron chi connectivity index (χ4n) is 9.43. The Morgan fingerprint density at radius 3 is 1.24 bits per heavy atom. The van der Waals surface area contributed by atoms with Crippen LogP contribution >= 0.6 is 7.82 Å². The van der Waals surface area contributed by atoms with Gasteiger partial charge in [-0.05, 0) is 89.5 Å². The number of rotatable bonds is 59. The summed E-state index contributed by atoms with van der Waals surface area (Å²) in [5.41, 5.74) is 0. The van der Waals surface area contributed by atoms with E-state index in [1.165, 1.54) is 199 Å². The number of amides is 1. The normalized spacial score (nSPS) is 13.9. The molecule has 76 heavy (non-hydrogen) atoms. The maximum atomic E-state index is 13.5. The van der Waals surface area contributed by atoms with E-state index in [-0.39, 0.29) is 24.9 Å². The number of nitrogens with one attached hydrogen (secondary N) is 1. The summed E-state index contributed by atoms with van der Waals surface area (Å²) >= 11 is 0. The number of carbonyl (C=O) groups is 2. The van der Waals surface area contributed by atoms with Gasteiger partial charge in [-0.1, -0.05) is 256 Å². The Labute approximate surface area is 471 Å². The van der Waals surface area contributed by atoms with Crippen LogP contribution in [-0.2, 0) is 27.9 Å². The van der Waals surface area contributed by atoms with E-state index < -0.39 is 26.6 Å². The van der Waals surface area contributed by atoms with Gasteiger partial charge in [-0.15, -0.1) is 0 Å². The van der Waals surface area contributed by atoms with Crippen molar-refractivity contribution >= 4 is 19.7 Å². The Morgan fingerprint density at radius 2 is 0.803 bits per heavy atom. The van der Waals surface area contributed by atoms with Crippen LogP contribution in [0.15, 0.2) is 48.6 Å². The van der Waals surface area contributed by atoms with E-state index in [9.17, 15) is 19.0 Å². The second-order valence-electron chi connectivity index (χ2n) is 23.3. The molecule has 0 aromatic rings. The number of esters is 1. The van der Waals surface area contributed by atoms with Gasteiger partial charge in [0.15, 0.2) is 0 Å². The van der Waals surface area contributed by atoms with Crippen molar-refractivity contribution in [2.45, 2.75) is 322 Å². The maximum Gasteiger partial charge on any atom is 0.306 e. The summed E-state index contributed by atoms with van der Waals surface area (Å²) in [5.74, 6) is -0.550. The second-order valence-corrected chi connectivity index (χ2v) is 24.7. The molecule has 0 rings (SSSR count). The molecule has 10 heteroatoms. The van der Waals surface area contributed by atoms with Crippen molar-refractivity contribution in [3.63, 3.8) is 0 Å². The van der Waals surface area contributed by atoms with E-state index in [0.29, 0.717) is 17.4 Å². The van der Waals surface area contributed by atoms with Crippen LogP contribution in [0.1, 0.15) is 310 Å². The predicted molar refractivity (Wildman–Crippen MR) is 326 cm³/mol. The number of hydrogen-bond donors (Lipinski definition) is 1. The van der Waals surface area contributed by atoms with Crippen molar-refractivity contribution in [1.29, 1.82) is 0 Å². The average molecular weight is 1090 g/mol. The lowest BCUT2D eigenvalue weighted by Gasteiger charge is -2.30. The molecular weight excluding hydrogens is 964 g/mol. The highest BCUT2D eigenvalue weighted by atomic mass is 31.2. The van der Waals surface area contributed by atoms with Gasteiger partial charge < -0.3 is 28.5 Å². The van der Waals surface area contributed by atoms with Gasteiger partial charge >= 0.3 is 5.97 Å². The topological polar surface area (TPSA) is 114 Å². The summed E-state index contributed by atoms with van der Waals surface area (Å²) in [4.78, 5) is 40.0. The third-order valence-electron chi connectivity index (χ3n) is 14.5.